The van der Waals surface area contributed by atoms with Crippen LogP contribution in [0.3, 0.4) is 0 Å². The van der Waals surface area contributed by atoms with E-state index in [1.807, 2.05) is 0 Å². The Kier molecular flexibility index (Phi) is 7.49. The number of rotatable bonds is 4. The molecule has 4 aromatic rings. The molecule has 0 heterocycles. The zero-order valence-electron chi connectivity index (χ0n) is 18.6. The van der Waals surface area contributed by atoms with Gasteiger partial charge in [0.15, 0.2) is 0 Å². The standard InChI is InChI=1S/2C10H9NO6S2/c11-9-3-4-10(19(15,16)17)8-5-6(18(12,13)14)1-2-7(8)9;11-8-5-7(18(12,13)14)4-6-2-1-3-9(10(6)8)19(15,16)17/h2*1-5H,11H2,(H,12,13,14)(H,15,16,17). The second-order valence-electron chi connectivity index (χ2n) is 7.63. The molecule has 204 valence electrons. The molecule has 0 aromatic heterocycles. The first-order valence-corrected chi connectivity index (χ1v) is 15.5. The molecule has 14 nitrogen and oxygen atoms in total. The van der Waals surface area contributed by atoms with Crippen molar-refractivity contribution < 1.29 is 51.9 Å². The summed E-state index contributed by atoms with van der Waals surface area (Å²) in [6.45, 7) is 0. The molecule has 0 spiro atoms. The highest BCUT2D eigenvalue weighted by atomic mass is 32.2. The van der Waals surface area contributed by atoms with Gasteiger partial charge in [0, 0.05) is 27.5 Å². The lowest BCUT2D eigenvalue weighted by molar-refractivity contribution is 0.480. The molecular weight excluding hydrogens is 588 g/mol. The maximum Gasteiger partial charge on any atom is 0.295 e. The summed E-state index contributed by atoms with van der Waals surface area (Å²) in [5.41, 5.74) is 11.3. The Morgan fingerprint density at radius 1 is 0.500 bits per heavy atom. The molecule has 0 saturated heterocycles. The molecular formula is C20H18N2O12S4. The van der Waals surface area contributed by atoms with Crippen LogP contribution < -0.4 is 11.5 Å². The van der Waals surface area contributed by atoms with Gasteiger partial charge in [0.05, 0.1) is 9.79 Å². The van der Waals surface area contributed by atoms with Gasteiger partial charge < -0.3 is 11.5 Å². The number of nitrogens with two attached hydrogens (primary N) is 2. The summed E-state index contributed by atoms with van der Waals surface area (Å²) in [7, 11) is -18.0. The maximum atomic E-state index is 11.2. The molecule has 0 saturated carbocycles. The molecule has 4 aromatic carbocycles. The summed E-state index contributed by atoms with van der Waals surface area (Å²) in [6.07, 6.45) is 0. The smallest absolute Gasteiger partial charge is 0.295 e. The minimum Gasteiger partial charge on any atom is -0.398 e. The van der Waals surface area contributed by atoms with E-state index in [2.05, 4.69) is 0 Å². The van der Waals surface area contributed by atoms with Crippen molar-refractivity contribution in [3.63, 3.8) is 0 Å². The van der Waals surface area contributed by atoms with E-state index >= 15 is 0 Å². The highest BCUT2D eigenvalue weighted by Crippen LogP contribution is 2.31. The molecule has 8 N–H and O–H groups in total. The fourth-order valence-corrected chi connectivity index (χ4v) is 5.96. The Labute approximate surface area is 216 Å². The number of hydrogen-bond donors (Lipinski definition) is 6. The number of anilines is 2. The van der Waals surface area contributed by atoms with E-state index in [4.69, 9.17) is 29.7 Å². The van der Waals surface area contributed by atoms with Crippen molar-refractivity contribution in [3.8, 4) is 0 Å². The Morgan fingerprint density at radius 3 is 1.61 bits per heavy atom. The van der Waals surface area contributed by atoms with Crippen LogP contribution in [0.4, 0.5) is 11.4 Å². The van der Waals surface area contributed by atoms with E-state index in [9.17, 15) is 33.7 Å². The second-order valence-corrected chi connectivity index (χ2v) is 13.3. The molecule has 4 rings (SSSR count). The lowest BCUT2D eigenvalue weighted by Gasteiger charge is -2.08. The fraction of sp³-hybridized carbons (Fsp3) is 0. The Bertz CT molecular complexity index is 2040. The number of nitrogen functional groups attached to an aromatic ring is 2. The highest BCUT2D eigenvalue weighted by Gasteiger charge is 2.20. The van der Waals surface area contributed by atoms with Crippen molar-refractivity contribution >= 4 is 73.4 Å². The molecule has 38 heavy (non-hydrogen) atoms. The van der Waals surface area contributed by atoms with Gasteiger partial charge >= 0.3 is 0 Å². The lowest BCUT2D eigenvalue weighted by Crippen LogP contribution is -2.04. The second kappa shape index (κ2) is 9.75. The molecule has 0 aliphatic carbocycles. The van der Waals surface area contributed by atoms with Gasteiger partial charge in [0.1, 0.15) is 9.79 Å². The number of hydrogen-bond acceptors (Lipinski definition) is 10. The van der Waals surface area contributed by atoms with Crippen LogP contribution in [-0.4, -0.2) is 51.9 Å². The summed E-state index contributed by atoms with van der Waals surface area (Å²) in [4.78, 5) is -1.85. The lowest BCUT2D eigenvalue weighted by atomic mass is 10.1. The Hall–Kier alpha value is -3.36. The van der Waals surface area contributed by atoms with Gasteiger partial charge in [-0.3, -0.25) is 18.2 Å². The third-order valence-electron chi connectivity index (χ3n) is 5.08. The average Bonchev–Trinajstić information content (AvgIpc) is 2.76. The van der Waals surface area contributed by atoms with Crippen LogP contribution in [0.2, 0.25) is 0 Å². The zero-order valence-corrected chi connectivity index (χ0v) is 21.9. The molecule has 0 radical (unpaired) electrons. The Morgan fingerprint density at radius 2 is 1.08 bits per heavy atom. The van der Waals surface area contributed by atoms with Crippen LogP contribution in [0.1, 0.15) is 0 Å². The van der Waals surface area contributed by atoms with Crippen LogP contribution >= 0.6 is 0 Å². The number of benzene rings is 4. The molecule has 0 unspecified atom stereocenters. The largest absolute Gasteiger partial charge is 0.398 e. The van der Waals surface area contributed by atoms with Crippen LogP contribution in [-0.2, 0) is 40.5 Å². The van der Waals surface area contributed by atoms with Gasteiger partial charge in [-0.2, -0.15) is 33.7 Å². The van der Waals surface area contributed by atoms with E-state index in [-0.39, 0.29) is 32.9 Å². The van der Waals surface area contributed by atoms with Crippen LogP contribution in [0.5, 0.6) is 0 Å². The van der Waals surface area contributed by atoms with Crippen molar-refractivity contribution in [3.05, 3.63) is 60.7 Å². The van der Waals surface area contributed by atoms with E-state index in [0.29, 0.717) is 0 Å². The van der Waals surface area contributed by atoms with Gasteiger partial charge in [-0.05, 0) is 47.9 Å². The summed E-state index contributed by atoms with van der Waals surface area (Å²) in [5, 5.41) is 0.334. The molecule has 0 bridgehead atoms. The first kappa shape index (κ1) is 29.2. The van der Waals surface area contributed by atoms with Gasteiger partial charge in [-0.25, -0.2) is 0 Å². The normalized spacial score (nSPS) is 12.7. The average molecular weight is 607 g/mol. The van der Waals surface area contributed by atoms with Crippen molar-refractivity contribution in [2.75, 3.05) is 11.5 Å². The summed E-state index contributed by atoms with van der Waals surface area (Å²) in [5.74, 6) is 0. The van der Waals surface area contributed by atoms with Gasteiger partial charge in [-0.15, -0.1) is 0 Å². The zero-order chi connectivity index (χ0) is 28.8. The third kappa shape index (κ3) is 6.19. The van der Waals surface area contributed by atoms with Crippen LogP contribution in [0.15, 0.2) is 80.2 Å². The summed E-state index contributed by atoms with van der Waals surface area (Å²) >= 11 is 0. The SMILES string of the molecule is Nc1cc(S(=O)(=O)O)cc2cccc(S(=O)(=O)O)c12.Nc1ccc(S(=O)(=O)O)c2cc(S(=O)(=O)O)ccc12. The van der Waals surface area contributed by atoms with Crippen molar-refractivity contribution in [1.29, 1.82) is 0 Å². The fourth-order valence-electron chi connectivity index (χ4n) is 3.47. The van der Waals surface area contributed by atoms with E-state index in [1.54, 1.807) is 0 Å². The minimum absolute atomic E-state index is 0.00241. The summed E-state index contributed by atoms with van der Waals surface area (Å²) < 4.78 is 125. The highest BCUT2D eigenvalue weighted by molar-refractivity contribution is 7.86. The van der Waals surface area contributed by atoms with E-state index in [0.717, 1.165) is 36.4 Å². The van der Waals surface area contributed by atoms with Crippen LogP contribution in [0.25, 0.3) is 21.5 Å². The van der Waals surface area contributed by atoms with Gasteiger partial charge in [0.25, 0.3) is 40.5 Å². The van der Waals surface area contributed by atoms with Gasteiger partial charge in [0.2, 0.25) is 0 Å². The van der Waals surface area contributed by atoms with E-state index < -0.39 is 60.1 Å². The third-order valence-corrected chi connectivity index (χ3v) is 8.56. The van der Waals surface area contributed by atoms with Gasteiger partial charge in [-0.1, -0.05) is 18.2 Å². The Balaban J connectivity index is 0.000000211. The molecule has 0 aliphatic rings. The van der Waals surface area contributed by atoms with Crippen molar-refractivity contribution in [2.24, 2.45) is 0 Å². The quantitative estimate of drug-likeness (QED) is 0.143. The van der Waals surface area contributed by atoms with Crippen molar-refractivity contribution in [2.45, 2.75) is 19.6 Å². The first-order valence-electron chi connectivity index (χ1n) is 9.75. The first-order chi connectivity index (χ1) is 17.2. The molecule has 0 amide bonds. The predicted molar refractivity (Wildman–Crippen MR) is 136 cm³/mol. The maximum absolute atomic E-state index is 11.2. The monoisotopic (exact) mass is 606 g/mol. The molecule has 0 aliphatic heterocycles. The minimum atomic E-state index is -4.54. The number of fused-ring (bicyclic) bond motifs is 2. The molecule has 18 heteroatoms. The van der Waals surface area contributed by atoms with Crippen LogP contribution in [0, 0.1) is 0 Å². The van der Waals surface area contributed by atoms with E-state index in [1.165, 1.54) is 24.3 Å². The topological polar surface area (TPSA) is 270 Å². The van der Waals surface area contributed by atoms with Crippen molar-refractivity contribution in [1.82, 2.24) is 0 Å². The summed E-state index contributed by atoms with van der Waals surface area (Å²) in [6, 6.07) is 11.5. The predicted octanol–water partition coefficient (Wildman–Crippen LogP) is 1.83. The molecule has 0 fully saturated rings. The molecule has 0 atom stereocenters.